The molecule has 4 aliphatic rings. The van der Waals surface area contributed by atoms with Crippen LogP contribution in [0.1, 0.15) is 85.0 Å². The van der Waals surface area contributed by atoms with E-state index in [2.05, 4.69) is 67.8 Å². The number of hydrogen-bond acceptors (Lipinski definition) is 5. The van der Waals surface area contributed by atoms with Crippen LogP contribution in [0.25, 0.3) is 10.9 Å². The topological polar surface area (TPSA) is 118 Å². The van der Waals surface area contributed by atoms with Crippen LogP contribution in [-0.4, -0.2) is 38.4 Å². The van der Waals surface area contributed by atoms with Crippen molar-refractivity contribution in [3.63, 3.8) is 0 Å². The summed E-state index contributed by atoms with van der Waals surface area (Å²) in [5, 5.41) is 41.0. The van der Waals surface area contributed by atoms with Crippen LogP contribution in [0.2, 0.25) is 0 Å². The van der Waals surface area contributed by atoms with Crippen LogP contribution >= 0.6 is 31.9 Å². The Morgan fingerprint density at radius 3 is 2.59 bits per heavy atom. The molecule has 1 heterocycles. The first-order valence-electron chi connectivity index (χ1n) is 15.4. The van der Waals surface area contributed by atoms with E-state index in [-0.39, 0.29) is 40.5 Å². The molecule has 4 saturated carbocycles. The Kier molecular flexibility index (Phi) is 7.99. The average Bonchev–Trinajstić information content (AvgIpc) is 3.43. The number of amides is 1. The van der Waals surface area contributed by atoms with E-state index in [0.717, 1.165) is 60.3 Å². The molecule has 224 valence electrons. The fourth-order valence-electron chi connectivity index (χ4n) is 10.2. The largest absolute Gasteiger partial charge is 0.493 e. The summed E-state index contributed by atoms with van der Waals surface area (Å²) in [5.41, 5.74) is 1.38. The second-order valence-electron chi connectivity index (χ2n) is 14.2. The zero-order chi connectivity index (χ0) is 29.3. The van der Waals surface area contributed by atoms with E-state index in [1.165, 1.54) is 6.42 Å². The van der Waals surface area contributed by atoms with E-state index >= 15 is 0 Å². The first-order valence-corrected chi connectivity index (χ1v) is 17.0. The van der Waals surface area contributed by atoms with Crippen molar-refractivity contribution in [3.8, 4) is 5.88 Å². The maximum Gasteiger partial charge on any atom is 0.264 e. The molecule has 0 radical (unpaired) electrons. The van der Waals surface area contributed by atoms with Crippen LogP contribution in [0.3, 0.4) is 0 Å². The van der Waals surface area contributed by atoms with Gasteiger partial charge < -0.3 is 20.3 Å². The Bertz CT molecular complexity index is 1360. The maximum absolute atomic E-state index is 12.8. The number of benzene rings is 1. The molecule has 0 spiro atoms. The Hall–Kier alpha value is -1.29. The number of H-pyrrole nitrogens is 1. The number of aromatic hydroxyl groups is 1. The highest BCUT2D eigenvalue weighted by atomic mass is 79.9. The molecule has 1 aromatic carbocycles. The lowest BCUT2D eigenvalue weighted by molar-refractivity contribution is -0.174. The average molecular weight is 694 g/mol. The molecule has 4 fully saturated rings. The van der Waals surface area contributed by atoms with Gasteiger partial charge in [-0.25, -0.2) is 0 Å². The highest BCUT2D eigenvalue weighted by Gasteiger charge is 2.62. The predicted octanol–water partition coefficient (Wildman–Crippen LogP) is 8.42. The molecule has 7 nitrogen and oxygen atoms in total. The number of nitrogens with one attached hydrogen (secondary N) is 1. The van der Waals surface area contributed by atoms with Gasteiger partial charge in [0.05, 0.1) is 17.7 Å². The first kappa shape index (κ1) is 29.8. The number of carbonyl (C=O) groups excluding carboxylic acids is 1. The second-order valence-corrected chi connectivity index (χ2v) is 16.0. The van der Waals surface area contributed by atoms with E-state index in [0.29, 0.717) is 52.8 Å². The molecule has 9 heteroatoms. The normalized spacial score (nSPS) is 39.4. The van der Waals surface area contributed by atoms with Gasteiger partial charge in [0.1, 0.15) is 0 Å². The van der Waals surface area contributed by atoms with Crippen LogP contribution in [0.5, 0.6) is 5.88 Å². The molecule has 0 bridgehead atoms. The number of aliphatic hydroxyl groups excluding tert-OH is 2. The van der Waals surface area contributed by atoms with Gasteiger partial charge in [-0.3, -0.25) is 4.79 Å². The van der Waals surface area contributed by atoms with Crippen LogP contribution in [-0.2, 0) is 4.79 Å². The number of fused-ring (bicyclic) bond motifs is 6. The monoisotopic (exact) mass is 691 g/mol. The zero-order valence-corrected chi connectivity index (χ0v) is 27.4. The summed E-state index contributed by atoms with van der Waals surface area (Å²) < 4.78 is 1.61. The quantitative estimate of drug-likeness (QED) is 0.235. The smallest absolute Gasteiger partial charge is 0.264 e. The third kappa shape index (κ3) is 5.04. The van der Waals surface area contributed by atoms with Gasteiger partial charge in [-0.2, -0.15) is 0 Å². The Morgan fingerprint density at radius 2 is 1.80 bits per heavy atom. The zero-order valence-electron chi connectivity index (χ0n) is 24.2. The molecule has 0 unspecified atom stereocenters. The summed E-state index contributed by atoms with van der Waals surface area (Å²) in [4.78, 5) is 15.7. The number of hydrogen-bond donors (Lipinski definition) is 4. The van der Waals surface area contributed by atoms with Gasteiger partial charge in [-0.15, -0.1) is 10.2 Å². The van der Waals surface area contributed by atoms with Gasteiger partial charge in [0.2, 0.25) is 5.88 Å². The molecule has 41 heavy (non-hydrogen) atoms. The third-order valence-electron chi connectivity index (χ3n) is 12.3. The Labute approximate surface area is 259 Å². The molecule has 0 aliphatic heterocycles. The summed E-state index contributed by atoms with van der Waals surface area (Å²) in [7, 11) is 0. The molecule has 4 aliphatic carbocycles. The van der Waals surface area contributed by atoms with Crippen molar-refractivity contribution in [3.05, 3.63) is 21.1 Å². The highest BCUT2D eigenvalue weighted by molar-refractivity contribution is 9.11. The van der Waals surface area contributed by atoms with Gasteiger partial charge in [-0.05, 0) is 132 Å². The van der Waals surface area contributed by atoms with Gasteiger partial charge >= 0.3 is 0 Å². The highest BCUT2D eigenvalue weighted by Crippen LogP contribution is 2.68. The number of aromatic amines is 1. The van der Waals surface area contributed by atoms with E-state index in [1.807, 2.05) is 12.1 Å². The maximum atomic E-state index is 12.8. The fraction of sp³-hybridized carbons (Fsp3) is 0.719. The van der Waals surface area contributed by atoms with Crippen LogP contribution in [0.15, 0.2) is 31.3 Å². The number of nitrogens with zero attached hydrogens (tertiary/aromatic N) is 2. The van der Waals surface area contributed by atoms with Crippen LogP contribution in [0.4, 0.5) is 5.69 Å². The lowest BCUT2D eigenvalue weighted by atomic mass is 9.43. The number of halogens is 2. The summed E-state index contributed by atoms with van der Waals surface area (Å²) in [6.45, 7) is 7.20. The van der Waals surface area contributed by atoms with Gasteiger partial charge in [0, 0.05) is 20.8 Å². The molecule has 1 amide bonds. The lowest BCUT2D eigenvalue weighted by Crippen LogP contribution is -2.58. The summed E-state index contributed by atoms with van der Waals surface area (Å²) in [6.07, 6.45) is 8.93. The SMILES string of the molecule is C[C@H](CCC(=O)N=Nc1c(O)[nH]c2c(Br)cc(Br)cc12)[C@@H]1CC[C@@H]2[C@H]3[C@H](O)C[C@H]4C[C@@H](O)CC[C@]4(C)[C@@H]3CC[C@]21C. The Balaban J connectivity index is 1.11. The predicted molar refractivity (Wildman–Crippen MR) is 166 cm³/mol. The minimum atomic E-state index is -0.274. The number of rotatable bonds is 5. The Morgan fingerprint density at radius 1 is 1.07 bits per heavy atom. The molecular formula is C32H43Br2N3O4. The number of aliphatic hydroxyl groups is 2. The van der Waals surface area contributed by atoms with Crippen molar-refractivity contribution in [1.29, 1.82) is 0 Å². The number of azo groups is 1. The number of aromatic nitrogens is 1. The molecule has 4 N–H and O–H groups in total. The summed E-state index contributed by atoms with van der Waals surface area (Å²) in [5.74, 6) is 2.36. The van der Waals surface area contributed by atoms with Gasteiger partial charge in [0.25, 0.3) is 5.91 Å². The molecule has 10 atom stereocenters. The van der Waals surface area contributed by atoms with Crippen molar-refractivity contribution >= 4 is 54.4 Å². The van der Waals surface area contributed by atoms with Crippen LogP contribution in [0, 0.1) is 46.3 Å². The van der Waals surface area contributed by atoms with Crippen molar-refractivity contribution in [2.75, 3.05) is 0 Å². The van der Waals surface area contributed by atoms with Gasteiger partial charge in [0.15, 0.2) is 5.69 Å². The van der Waals surface area contributed by atoms with Crippen molar-refractivity contribution in [1.82, 2.24) is 4.98 Å². The molecular weight excluding hydrogens is 650 g/mol. The third-order valence-corrected chi connectivity index (χ3v) is 13.4. The molecule has 2 aromatic rings. The number of carbonyl (C=O) groups is 1. The summed E-state index contributed by atoms with van der Waals surface area (Å²) >= 11 is 6.95. The second kappa shape index (κ2) is 11.0. The first-order chi connectivity index (χ1) is 19.4. The van der Waals surface area contributed by atoms with Crippen molar-refractivity contribution in [2.24, 2.45) is 56.6 Å². The standard InChI is InChI=1S/C32H43Br2N3O4/c1-16(4-7-26(40)36-37-29-20-14-18(33)15-24(34)28(20)35-30(29)41)21-5-6-22-27-23(9-11-32(21,22)3)31(2)10-8-19(38)12-17(31)13-25(27)39/h14-17,19,21-23,25,27,35,38-39,41H,4-13H2,1-3H3/t16-,17-,19+,21+,22-,23-,25-,27-,31+,32+/m1/s1. The van der Waals surface area contributed by atoms with Crippen molar-refractivity contribution < 1.29 is 20.1 Å². The van der Waals surface area contributed by atoms with E-state index in [1.54, 1.807) is 0 Å². The van der Waals surface area contributed by atoms with Crippen molar-refractivity contribution in [2.45, 2.75) is 97.2 Å². The van der Waals surface area contributed by atoms with E-state index in [4.69, 9.17) is 0 Å². The lowest BCUT2D eigenvalue weighted by Gasteiger charge is -2.62. The van der Waals surface area contributed by atoms with E-state index < -0.39 is 0 Å². The van der Waals surface area contributed by atoms with Gasteiger partial charge in [-0.1, -0.05) is 36.7 Å². The molecule has 6 rings (SSSR count). The summed E-state index contributed by atoms with van der Waals surface area (Å²) in [6, 6.07) is 3.71. The fourth-order valence-corrected chi connectivity index (χ4v) is 11.5. The van der Waals surface area contributed by atoms with Crippen LogP contribution < -0.4 is 0 Å². The molecule has 0 saturated heterocycles. The minimum absolute atomic E-state index is 0.112. The molecule has 1 aromatic heterocycles. The minimum Gasteiger partial charge on any atom is -0.493 e. The van der Waals surface area contributed by atoms with E-state index in [9.17, 15) is 20.1 Å².